The van der Waals surface area contributed by atoms with Crippen molar-refractivity contribution >= 4 is 6.09 Å². The van der Waals surface area contributed by atoms with Gasteiger partial charge in [-0.25, -0.2) is 4.79 Å². The molecule has 1 fully saturated rings. The fourth-order valence-electron chi connectivity index (χ4n) is 2.53. The molecular weight excluding hydrogens is 238 g/mol. The fourth-order valence-corrected chi connectivity index (χ4v) is 2.53. The summed E-state index contributed by atoms with van der Waals surface area (Å²) in [6, 6.07) is 20.3. The Morgan fingerprint density at radius 3 is 1.89 bits per heavy atom. The van der Waals surface area contributed by atoms with E-state index in [4.69, 9.17) is 4.74 Å². The smallest absolute Gasteiger partial charge is 0.407 e. The van der Waals surface area contributed by atoms with Crippen LogP contribution in [0.3, 0.4) is 0 Å². The quantitative estimate of drug-likeness (QED) is 0.913. The minimum atomic E-state index is -0.332. The third-order valence-electron chi connectivity index (χ3n) is 3.40. The number of carbonyl (C=O) groups excluding carboxylic acids is 1. The van der Waals surface area contributed by atoms with Gasteiger partial charge in [-0.2, -0.15) is 0 Å². The number of cyclic esters (lactones) is 1. The summed E-state index contributed by atoms with van der Waals surface area (Å²) in [6.45, 7) is 0.549. The number of benzene rings is 2. The van der Waals surface area contributed by atoms with Crippen LogP contribution >= 0.6 is 0 Å². The minimum Gasteiger partial charge on any atom is -0.443 e. The molecule has 1 N–H and O–H groups in total. The highest BCUT2D eigenvalue weighted by Gasteiger charge is 2.32. The van der Waals surface area contributed by atoms with Crippen LogP contribution in [0.15, 0.2) is 60.7 Å². The number of hydrogen-bond donors (Lipinski definition) is 1. The van der Waals surface area contributed by atoms with Crippen molar-refractivity contribution in [1.29, 1.82) is 0 Å². The Morgan fingerprint density at radius 1 is 0.947 bits per heavy atom. The topological polar surface area (TPSA) is 38.3 Å². The lowest BCUT2D eigenvalue weighted by Crippen LogP contribution is -2.23. The molecule has 0 aliphatic carbocycles. The van der Waals surface area contributed by atoms with Crippen LogP contribution in [0.1, 0.15) is 17.0 Å². The molecule has 0 radical (unpaired) electrons. The van der Waals surface area contributed by atoms with E-state index in [0.717, 1.165) is 11.1 Å². The standard InChI is InChI=1S/C16H15NO2/c18-16-17-11-14(19-16)15(12-7-3-1-4-8-12)13-9-5-2-6-10-13/h1-10,14-15H,11H2,(H,17,18). The van der Waals surface area contributed by atoms with E-state index < -0.39 is 0 Å². The molecule has 1 aliphatic rings. The van der Waals surface area contributed by atoms with E-state index in [0.29, 0.717) is 6.54 Å². The first-order valence-corrected chi connectivity index (χ1v) is 6.39. The van der Waals surface area contributed by atoms with Gasteiger partial charge in [0, 0.05) is 5.92 Å². The molecule has 1 saturated heterocycles. The Hall–Kier alpha value is -2.29. The lowest BCUT2D eigenvalue weighted by molar-refractivity contribution is 0.132. The van der Waals surface area contributed by atoms with Crippen molar-refractivity contribution in [3.8, 4) is 0 Å². The van der Waals surface area contributed by atoms with Gasteiger partial charge in [0.05, 0.1) is 6.54 Å². The van der Waals surface area contributed by atoms with E-state index in [1.165, 1.54) is 0 Å². The highest BCUT2D eigenvalue weighted by Crippen LogP contribution is 2.30. The van der Waals surface area contributed by atoms with Crippen LogP contribution in [-0.4, -0.2) is 18.7 Å². The first-order valence-electron chi connectivity index (χ1n) is 6.39. The molecule has 0 saturated carbocycles. The van der Waals surface area contributed by atoms with Gasteiger partial charge in [-0.1, -0.05) is 60.7 Å². The molecule has 2 aromatic rings. The average molecular weight is 253 g/mol. The zero-order chi connectivity index (χ0) is 13.1. The molecule has 1 aliphatic heterocycles. The Bertz CT molecular complexity index is 514. The number of rotatable bonds is 3. The van der Waals surface area contributed by atoms with Crippen molar-refractivity contribution in [3.05, 3.63) is 71.8 Å². The van der Waals surface area contributed by atoms with Crippen LogP contribution in [0, 0.1) is 0 Å². The van der Waals surface area contributed by atoms with Gasteiger partial charge in [0.25, 0.3) is 0 Å². The monoisotopic (exact) mass is 253 g/mol. The highest BCUT2D eigenvalue weighted by molar-refractivity contribution is 5.69. The second-order valence-electron chi connectivity index (χ2n) is 4.62. The third-order valence-corrected chi connectivity index (χ3v) is 3.40. The van der Waals surface area contributed by atoms with Gasteiger partial charge in [-0.15, -0.1) is 0 Å². The zero-order valence-electron chi connectivity index (χ0n) is 10.5. The molecule has 0 spiro atoms. The highest BCUT2D eigenvalue weighted by atomic mass is 16.6. The Morgan fingerprint density at radius 2 is 1.47 bits per heavy atom. The molecule has 3 heteroatoms. The first-order chi connectivity index (χ1) is 9.34. The number of carbonyl (C=O) groups is 1. The van der Waals surface area contributed by atoms with Crippen molar-refractivity contribution < 1.29 is 9.53 Å². The Kier molecular flexibility index (Phi) is 3.19. The molecule has 1 amide bonds. The average Bonchev–Trinajstić information content (AvgIpc) is 2.88. The van der Waals surface area contributed by atoms with Gasteiger partial charge in [0.15, 0.2) is 0 Å². The molecule has 3 nitrogen and oxygen atoms in total. The number of alkyl carbamates (subject to hydrolysis) is 1. The van der Waals surface area contributed by atoms with Crippen LogP contribution in [-0.2, 0) is 4.74 Å². The van der Waals surface area contributed by atoms with Gasteiger partial charge < -0.3 is 10.1 Å². The Labute approximate surface area is 112 Å². The summed E-state index contributed by atoms with van der Waals surface area (Å²) in [4.78, 5) is 11.3. The Balaban J connectivity index is 1.99. The van der Waals surface area contributed by atoms with E-state index >= 15 is 0 Å². The molecule has 1 heterocycles. The molecule has 1 atom stereocenters. The maximum atomic E-state index is 11.3. The second-order valence-corrected chi connectivity index (χ2v) is 4.62. The number of ether oxygens (including phenoxy) is 1. The number of hydrogen-bond acceptors (Lipinski definition) is 2. The van der Waals surface area contributed by atoms with E-state index in [-0.39, 0.29) is 18.1 Å². The van der Waals surface area contributed by atoms with E-state index in [1.54, 1.807) is 0 Å². The van der Waals surface area contributed by atoms with Crippen LogP contribution < -0.4 is 5.32 Å². The summed E-state index contributed by atoms with van der Waals surface area (Å²) in [5, 5.41) is 2.73. The minimum absolute atomic E-state index is 0.0707. The van der Waals surface area contributed by atoms with Gasteiger partial charge in [0.2, 0.25) is 0 Å². The summed E-state index contributed by atoms with van der Waals surface area (Å²) in [5.41, 5.74) is 2.32. The largest absolute Gasteiger partial charge is 0.443 e. The molecule has 96 valence electrons. The molecule has 3 rings (SSSR count). The van der Waals surface area contributed by atoms with Crippen LogP contribution in [0.2, 0.25) is 0 Å². The van der Waals surface area contributed by atoms with E-state index in [1.807, 2.05) is 36.4 Å². The predicted octanol–water partition coefficient (Wildman–Crippen LogP) is 2.93. The molecule has 1 unspecified atom stereocenters. The van der Waals surface area contributed by atoms with Crippen molar-refractivity contribution in [1.82, 2.24) is 5.32 Å². The lowest BCUT2D eigenvalue weighted by atomic mass is 9.86. The number of amides is 1. The van der Waals surface area contributed by atoms with Crippen LogP contribution in [0.5, 0.6) is 0 Å². The van der Waals surface area contributed by atoms with Gasteiger partial charge >= 0.3 is 6.09 Å². The lowest BCUT2D eigenvalue weighted by Gasteiger charge is -2.22. The van der Waals surface area contributed by atoms with Gasteiger partial charge in [0.1, 0.15) is 6.10 Å². The van der Waals surface area contributed by atoms with Crippen molar-refractivity contribution in [2.75, 3.05) is 6.54 Å². The first kappa shape index (κ1) is 11.8. The van der Waals surface area contributed by atoms with E-state index in [2.05, 4.69) is 29.6 Å². The van der Waals surface area contributed by atoms with Gasteiger partial charge in [-0.3, -0.25) is 0 Å². The van der Waals surface area contributed by atoms with E-state index in [9.17, 15) is 4.79 Å². The summed E-state index contributed by atoms with van der Waals surface area (Å²) < 4.78 is 5.38. The number of nitrogens with one attached hydrogen (secondary N) is 1. The summed E-state index contributed by atoms with van der Waals surface area (Å²) >= 11 is 0. The van der Waals surface area contributed by atoms with Crippen molar-refractivity contribution in [2.45, 2.75) is 12.0 Å². The molecule has 2 aromatic carbocycles. The summed E-state index contributed by atoms with van der Waals surface area (Å²) in [5.74, 6) is 0.0707. The zero-order valence-corrected chi connectivity index (χ0v) is 10.5. The van der Waals surface area contributed by atoms with Crippen LogP contribution in [0.4, 0.5) is 4.79 Å². The maximum Gasteiger partial charge on any atom is 0.407 e. The summed E-state index contributed by atoms with van der Waals surface area (Å²) in [7, 11) is 0. The van der Waals surface area contributed by atoms with Gasteiger partial charge in [-0.05, 0) is 11.1 Å². The summed E-state index contributed by atoms with van der Waals surface area (Å²) in [6.07, 6.45) is -0.487. The SMILES string of the molecule is O=C1NCC(C(c2ccccc2)c2ccccc2)O1. The van der Waals surface area contributed by atoms with Crippen LogP contribution in [0.25, 0.3) is 0 Å². The molecule has 19 heavy (non-hydrogen) atoms. The normalized spacial score (nSPS) is 18.2. The maximum absolute atomic E-state index is 11.3. The third kappa shape index (κ3) is 2.45. The fraction of sp³-hybridized carbons (Fsp3) is 0.188. The second kappa shape index (κ2) is 5.14. The molecular formula is C16H15NO2. The van der Waals surface area contributed by atoms with Crippen molar-refractivity contribution in [2.24, 2.45) is 0 Å². The predicted molar refractivity (Wildman–Crippen MR) is 73.0 cm³/mol. The van der Waals surface area contributed by atoms with Crippen molar-refractivity contribution in [3.63, 3.8) is 0 Å². The molecule has 0 aromatic heterocycles. The molecule has 0 bridgehead atoms.